The lowest BCUT2D eigenvalue weighted by Gasteiger charge is -2.49. The van der Waals surface area contributed by atoms with E-state index in [4.69, 9.17) is 0 Å². The minimum absolute atomic E-state index is 0.362. The Labute approximate surface area is 99.9 Å². The molecule has 0 bridgehead atoms. The van der Waals surface area contributed by atoms with Crippen molar-refractivity contribution >= 4 is 0 Å². The van der Waals surface area contributed by atoms with Crippen LogP contribution in [0, 0.1) is 17.3 Å². The predicted molar refractivity (Wildman–Crippen MR) is 68.2 cm³/mol. The third-order valence-electron chi connectivity index (χ3n) is 5.22. The summed E-state index contributed by atoms with van der Waals surface area (Å²) in [6, 6.07) is 0. The van der Waals surface area contributed by atoms with Crippen molar-refractivity contribution in [3.8, 4) is 0 Å². The maximum atomic E-state index is 10.2. The normalized spacial score (nSPS) is 40.2. The number of rotatable bonds is 1. The van der Waals surface area contributed by atoms with E-state index < -0.39 is 5.60 Å². The third-order valence-corrected chi connectivity index (χ3v) is 5.22. The molecule has 1 N–H and O–H groups in total. The van der Waals surface area contributed by atoms with Crippen LogP contribution in [0.2, 0.25) is 0 Å². The molecule has 0 spiro atoms. The summed E-state index contributed by atoms with van der Waals surface area (Å²) in [6.45, 7) is 8.74. The molecule has 0 aromatic heterocycles. The zero-order chi connectivity index (χ0) is 12.0. The fraction of sp³-hybridized carbons (Fsp3) is 0.867. The first kappa shape index (κ1) is 12.2. The molecule has 2 rings (SSSR count). The number of allylic oxidation sites excluding steroid dienone is 2. The maximum absolute atomic E-state index is 10.2. The first-order valence-electron chi connectivity index (χ1n) is 6.76. The molecular formula is C15H26O. The molecule has 0 heterocycles. The van der Waals surface area contributed by atoms with E-state index in [1.807, 2.05) is 13.8 Å². The molecule has 16 heavy (non-hydrogen) atoms. The lowest BCUT2D eigenvalue weighted by atomic mass is 9.57. The van der Waals surface area contributed by atoms with E-state index in [1.54, 1.807) is 5.57 Å². The monoisotopic (exact) mass is 222 g/mol. The van der Waals surface area contributed by atoms with Crippen molar-refractivity contribution in [3.63, 3.8) is 0 Å². The highest BCUT2D eigenvalue weighted by Gasteiger charge is 2.44. The van der Waals surface area contributed by atoms with Gasteiger partial charge in [0.2, 0.25) is 0 Å². The van der Waals surface area contributed by atoms with Crippen LogP contribution < -0.4 is 0 Å². The highest BCUT2D eigenvalue weighted by atomic mass is 16.3. The maximum Gasteiger partial charge on any atom is 0.0623 e. The molecule has 1 heteroatoms. The van der Waals surface area contributed by atoms with Gasteiger partial charge in [0.25, 0.3) is 0 Å². The van der Waals surface area contributed by atoms with Crippen molar-refractivity contribution in [1.29, 1.82) is 0 Å². The van der Waals surface area contributed by atoms with Crippen LogP contribution in [0.3, 0.4) is 0 Å². The zero-order valence-corrected chi connectivity index (χ0v) is 11.2. The molecule has 0 saturated heterocycles. The third kappa shape index (κ3) is 1.95. The molecule has 0 aromatic rings. The van der Waals surface area contributed by atoms with Gasteiger partial charge in [0, 0.05) is 0 Å². The first-order chi connectivity index (χ1) is 7.34. The topological polar surface area (TPSA) is 20.2 Å². The lowest BCUT2D eigenvalue weighted by molar-refractivity contribution is -0.0154. The number of hydrogen-bond acceptors (Lipinski definition) is 1. The van der Waals surface area contributed by atoms with Crippen molar-refractivity contribution in [2.24, 2.45) is 17.3 Å². The predicted octanol–water partition coefficient (Wildman–Crippen LogP) is 3.92. The second-order valence-corrected chi connectivity index (χ2v) is 6.73. The Bertz CT molecular complexity index is 297. The van der Waals surface area contributed by atoms with E-state index in [9.17, 15) is 5.11 Å². The SMILES string of the molecule is C[C@H]1CCCC2=CC[C@H](C(C)(C)O)C[C@@]21C. The summed E-state index contributed by atoms with van der Waals surface area (Å²) in [7, 11) is 0. The highest BCUT2D eigenvalue weighted by molar-refractivity contribution is 5.21. The molecule has 1 fully saturated rings. The summed E-state index contributed by atoms with van der Waals surface area (Å²) in [5, 5.41) is 10.2. The van der Waals surface area contributed by atoms with E-state index in [1.165, 1.54) is 25.7 Å². The Balaban J connectivity index is 2.25. The second-order valence-electron chi connectivity index (χ2n) is 6.73. The summed E-state index contributed by atoms with van der Waals surface area (Å²) < 4.78 is 0. The smallest absolute Gasteiger partial charge is 0.0623 e. The molecule has 1 saturated carbocycles. The van der Waals surface area contributed by atoms with E-state index in [-0.39, 0.29) is 0 Å². The highest BCUT2D eigenvalue weighted by Crippen LogP contribution is 2.53. The van der Waals surface area contributed by atoms with E-state index in [0.717, 1.165) is 12.3 Å². The molecule has 0 aliphatic heterocycles. The van der Waals surface area contributed by atoms with Gasteiger partial charge < -0.3 is 5.11 Å². The van der Waals surface area contributed by atoms with Crippen LogP contribution in [-0.2, 0) is 0 Å². The molecule has 2 aliphatic carbocycles. The summed E-state index contributed by atoms with van der Waals surface area (Å²) in [6.07, 6.45) is 8.67. The van der Waals surface area contributed by atoms with Crippen molar-refractivity contribution in [2.75, 3.05) is 0 Å². The zero-order valence-electron chi connectivity index (χ0n) is 11.2. The molecule has 0 unspecified atom stereocenters. The van der Waals surface area contributed by atoms with Crippen LogP contribution in [0.4, 0.5) is 0 Å². The standard InChI is InChI=1S/C15H26O/c1-11-6-5-7-12-8-9-13(14(2,3)16)10-15(11,12)4/h8,11,13,16H,5-7,9-10H2,1-4H3/t11-,13-,15+/m0/s1. The summed E-state index contributed by atoms with van der Waals surface area (Å²) in [5.74, 6) is 1.21. The Kier molecular flexibility index (Phi) is 2.94. The number of fused-ring (bicyclic) bond motifs is 1. The van der Waals surface area contributed by atoms with Crippen LogP contribution in [0.1, 0.15) is 59.8 Å². The lowest BCUT2D eigenvalue weighted by Crippen LogP contribution is -2.42. The van der Waals surface area contributed by atoms with E-state index >= 15 is 0 Å². The summed E-state index contributed by atoms with van der Waals surface area (Å²) >= 11 is 0. The first-order valence-corrected chi connectivity index (χ1v) is 6.76. The molecule has 1 nitrogen and oxygen atoms in total. The van der Waals surface area contributed by atoms with Gasteiger partial charge in [-0.2, -0.15) is 0 Å². The molecular weight excluding hydrogens is 196 g/mol. The average Bonchev–Trinajstić information content (AvgIpc) is 2.17. The van der Waals surface area contributed by atoms with Crippen molar-refractivity contribution < 1.29 is 5.11 Å². The van der Waals surface area contributed by atoms with Gasteiger partial charge in [-0.25, -0.2) is 0 Å². The number of hydrogen-bond donors (Lipinski definition) is 1. The van der Waals surface area contributed by atoms with E-state index in [2.05, 4.69) is 19.9 Å². The van der Waals surface area contributed by atoms with Crippen LogP contribution in [0.15, 0.2) is 11.6 Å². The van der Waals surface area contributed by atoms with E-state index in [0.29, 0.717) is 11.3 Å². The minimum Gasteiger partial charge on any atom is -0.390 e. The number of aliphatic hydroxyl groups is 1. The molecule has 0 amide bonds. The molecule has 92 valence electrons. The van der Waals surface area contributed by atoms with Crippen LogP contribution in [-0.4, -0.2) is 10.7 Å². The molecule has 3 atom stereocenters. The fourth-order valence-electron chi connectivity index (χ4n) is 3.60. The van der Waals surface area contributed by atoms with Gasteiger partial charge in [-0.3, -0.25) is 0 Å². The van der Waals surface area contributed by atoms with Crippen LogP contribution in [0.5, 0.6) is 0 Å². The largest absolute Gasteiger partial charge is 0.390 e. The quantitative estimate of drug-likeness (QED) is 0.667. The second kappa shape index (κ2) is 3.87. The van der Waals surface area contributed by atoms with Gasteiger partial charge >= 0.3 is 0 Å². The van der Waals surface area contributed by atoms with Crippen LogP contribution >= 0.6 is 0 Å². The molecule has 0 aromatic carbocycles. The Morgan fingerprint density at radius 3 is 2.75 bits per heavy atom. The minimum atomic E-state index is -0.526. The van der Waals surface area contributed by atoms with Crippen molar-refractivity contribution in [3.05, 3.63) is 11.6 Å². The van der Waals surface area contributed by atoms with Gasteiger partial charge in [-0.15, -0.1) is 0 Å². The summed E-state index contributed by atoms with van der Waals surface area (Å²) in [5.41, 5.74) is 1.51. The van der Waals surface area contributed by atoms with Gasteiger partial charge in [0.15, 0.2) is 0 Å². The van der Waals surface area contributed by atoms with Gasteiger partial charge in [0.05, 0.1) is 5.60 Å². The Morgan fingerprint density at radius 1 is 1.44 bits per heavy atom. The van der Waals surface area contributed by atoms with Crippen molar-refractivity contribution in [1.82, 2.24) is 0 Å². The van der Waals surface area contributed by atoms with Gasteiger partial charge in [-0.1, -0.05) is 25.5 Å². The Hall–Kier alpha value is -0.300. The van der Waals surface area contributed by atoms with Crippen molar-refractivity contribution in [2.45, 2.75) is 65.4 Å². The summed E-state index contributed by atoms with van der Waals surface area (Å²) in [4.78, 5) is 0. The van der Waals surface area contributed by atoms with Crippen LogP contribution in [0.25, 0.3) is 0 Å². The molecule has 0 radical (unpaired) electrons. The average molecular weight is 222 g/mol. The fourth-order valence-corrected chi connectivity index (χ4v) is 3.60. The van der Waals surface area contributed by atoms with Gasteiger partial charge in [0.1, 0.15) is 0 Å². The van der Waals surface area contributed by atoms with Gasteiger partial charge in [-0.05, 0) is 63.2 Å². The Morgan fingerprint density at radius 2 is 2.12 bits per heavy atom. The molecule has 2 aliphatic rings.